The van der Waals surface area contributed by atoms with Gasteiger partial charge in [-0.2, -0.15) is 0 Å². The van der Waals surface area contributed by atoms with Crippen LogP contribution in [0.3, 0.4) is 0 Å². The van der Waals surface area contributed by atoms with Gasteiger partial charge in [0.1, 0.15) is 5.82 Å². The first-order chi connectivity index (χ1) is 16.5. The standard InChI is InChI=1S/C25H36FN5O2S/c26-20-8-10-21(11-9-20)28-25(34)31-17-15-30(16-18-31)23(19-5-1-2-6-19)24(33)27-12-4-14-29-13-3-7-22(29)32/h8-11,19,23H,1-7,12-18H2,(H,27,33)(H,28,34)/t23-/m0/s1. The van der Waals surface area contributed by atoms with E-state index in [0.717, 1.165) is 70.6 Å². The van der Waals surface area contributed by atoms with Crippen LogP contribution in [0, 0.1) is 11.7 Å². The molecule has 4 rings (SSSR count). The Kier molecular flexibility index (Phi) is 8.72. The van der Waals surface area contributed by atoms with E-state index in [1.807, 2.05) is 4.90 Å². The van der Waals surface area contributed by atoms with E-state index in [9.17, 15) is 14.0 Å². The summed E-state index contributed by atoms with van der Waals surface area (Å²) >= 11 is 5.57. The maximum atomic E-state index is 13.3. The van der Waals surface area contributed by atoms with Crippen LogP contribution in [-0.4, -0.2) is 83.5 Å². The third-order valence-corrected chi connectivity index (χ3v) is 7.64. The number of carbonyl (C=O) groups is 2. The van der Waals surface area contributed by atoms with Crippen molar-refractivity contribution >= 4 is 34.8 Å². The summed E-state index contributed by atoms with van der Waals surface area (Å²) in [6.45, 7) is 5.24. The number of amides is 2. The van der Waals surface area contributed by atoms with Gasteiger partial charge in [0.15, 0.2) is 5.11 Å². The molecule has 1 aromatic rings. The highest BCUT2D eigenvalue weighted by Crippen LogP contribution is 2.31. The quantitative estimate of drug-likeness (QED) is 0.432. The minimum absolute atomic E-state index is 0.100. The highest BCUT2D eigenvalue weighted by atomic mass is 32.1. The Bertz CT molecular complexity index is 853. The lowest BCUT2D eigenvalue weighted by Gasteiger charge is -2.41. The normalized spacial score (nSPS) is 20.6. The monoisotopic (exact) mass is 489 g/mol. The molecule has 0 spiro atoms. The molecule has 2 saturated heterocycles. The summed E-state index contributed by atoms with van der Waals surface area (Å²) in [4.78, 5) is 31.4. The summed E-state index contributed by atoms with van der Waals surface area (Å²) in [7, 11) is 0. The minimum Gasteiger partial charge on any atom is -0.355 e. The zero-order valence-electron chi connectivity index (χ0n) is 19.8. The number of halogens is 1. The van der Waals surface area contributed by atoms with E-state index >= 15 is 0 Å². The topological polar surface area (TPSA) is 67.9 Å². The Morgan fingerprint density at radius 1 is 1.06 bits per heavy atom. The van der Waals surface area contributed by atoms with Gasteiger partial charge in [-0.05, 0) is 68.1 Å². The molecule has 3 fully saturated rings. The second kappa shape index (κ2) is 11.9. The summed E-state index contributed by atoms with van der Waals surface area (Å²) in [6, 6.07) is 6.08. The molecule has 2 amide bonds. The van der Waals surface area contributed by atoms with Crippen molar-refractivity contribution in [1.29, 1.82) is 0 Å². The van der Waals surface area contributed by atoms with Gasteiger partial charge in [0, 0.05) is 57.9 Å². The second-order valence-electron chi connectivity index (χ2n) is 9.58. The zero-order valence-corrected chi connectivity index (χ0v) is 20.6. The Labute approximate surface area is 207 Å². The van der Waals surface area contributed by atoms with Crippen LogP contribution in [-0.2, 0) is 9.59 Å². The molecule has 0 radical (unpaired) electrons. The van der Waals surface area contributed by atoms with Crippen LogP contribution >= 0.6 is 12.2 Å². The van der Waals surface area contributed by atoms with Gasteiger partial charge in [0.25, 0.3) is 0 Å². The lowest BCUT2D eigenvalue weighted by molar-refractivity contribution is -0.129. The number of piperazine rings is 1. The number of thiocarbonyl (C=S) groups is 1. The lowest BCUT2D eigenvalue weighted by atomic mass is 9.95. The fraction of sp³-hybridized carbons (Fsp3) is 0.640. The smallest absolute Gasteiger partial charge is 0.237 e. The van der Waals surface area contributed by atoms with E-state index < -0.39 is 0 Å². The molecule has 186 valence electrons. The van der Waals surface area contributed by atoms with Crippen LogP contribution in [0.4, 0.5) is 10.1 Å². The highest BCUT2D eigenvalue weighted by Gasteiger charge is 2.37. The minimum atomic E-state index is -0.272. The Hall–Kier alpha value is -2.26. The van der Waals surface area contributed by atoms with Crippen LogP contribution in [0.5, 0.6) is 0 Å². The summed E-state index contributed by atoms with van der Waals surface area (Å²) in [5, 5.41) is 6.98. The molecule has 1 aliphatic carbocycles. The number of rotatable bonds is 8. The molecular weight excluding hydrogens is 453 g/mol. The lowest BCUT2D eigenvalue weighted by Crippen LogP contribution is -2.58. The Balaban J connectivity index is 1.26. The maximum absolute atomic E-state index is 13.3. The van der Waals surface area contributed by atoms with Crippen LogP contribution < -0.4 is 10.6 Å². The van der Waals surface area contributed by atoms with Gasteiger partial charge in [-0.3, -0.25) is 14.5 Å². The molecule has 0 unspecified atom stereocenters. The molecule has 1 saturated carbocycles. The first-order valence-corrected chi connectivity index (χ1v) is 13.0. The van der Waals surface area contributed by atoms with Crippen molar-refractivity contribution in [2.24, 2.45) is 5.92 Å². The van der Waals surface area contributed by atoms with Crippen LogP contribution in [0.1, 0.15) is 44.9 Å². The molecule has 9 heteroatoms. The second-order valence-corrected chi connectivity index (χ2v) is 9.97. The molecule has 2 N–H and O–H groups in total. The molecule has 3 aliphatic rings. The van der Waals surface area contributed by atoms with Crippen molar-refractivity contribution in [3.05, 3.63) is 30.1 Å². The SMILES string of the molecule is O=C(NCCCN1CCCC1=O)[C@H](C1CCCC1)N1CCN(C(=S)Nc2ccc(F)cc2)CC1. The van der Waals surface area contributed by atoms with Crippen molar-refractivity contribution in [3.8, 4) is 0 Å². The number of hydrogen-bond donors (Lipinski definition) is 2. The first kappa shape index (κ1) is 24.9. The van der Waals surface area contributed by atoms with Gasteiger partial charge < -0.3 is 20.4 Å². The molecular formula is C25H36FN5O2S. The van der Waals surface area contributed by atoms with E-state index in [-0.39, 0.29) is 23.7 Å². The van der Waals surface area contributed by atoms with Gasteiger partial charge >= 0.3 is 0 Å². The number of carbonyl (C=O) groups excluding carboxylic acids is 2. The molecule has 0 aromatic heterocycles. The average Bonchev–Trinajstić information content (AvgIpc) is 3.51. The summed E-state index contributed by atoms with van der Waals surface area (Å²) < 4.78 is 13.1. The third-order valence-electron chi connectivity index (χ3n) is 7.28. The Morgan fingerprint density at radius 2 is 1.76 bits per heavy atom. The van der Waals surface area contributed by atoms with Gasteiger partial charge in [-0.15, -0.1) is 0 Å². The van der Waals surface area contributed by atoms with E-state index in [0.29, 0.717) is 24.0 Å². The van der Waals surface area contributed by atoms with Gasteiger partial charge in [-0.25, -0.2) is 4.39 Å². The molecule has 2 heterocycles. The number of nitrogens with zero attached hydrogens (tertiary/aromatic N) is 3. The summed E-state index contributed by atoms with van der Waals surface area (Å²) in [6.07, 6.45) is 6.99. The van der Waals surface area contributed by atoms with Crippen molar-refractivity contribution in [3.63, 3.8) is 0 Å². The molecule has 2 aliphatic heterocycles. The molecule has 0 bridgehead atoms. The van der Waals surface area contributed by atoms with Crippen molar-refractivity contribution < 1.29 is 14.0 Å². The number of anilines is 1. The van der Waals surface area contributed by atoms with Crippen LogP contribution in [0.2, 0.25) is 0 Å². The molecule has 1 aromatic carbocycles. The van der Waals surface area contributed by atoms with Crippen LogP contribution in [0.15, 0.2) is 24.3 Å². The van der Waals surface area contributed by atoms with Gasteiger partial charge in [-0.1, -0.05) is 12.8 Å². The van der Waals surface area contributed by atoms with Crippen molar-refractivity contribution in [2.45, 2.75) is 51.0 Å². The van der Waals surface area contributed by atoms with Crippen molar-refractivity contribution in [2.75, 3.05) is 51.1 Å². The fourth-order valence-electron chi connectivity index (χ4n) is 5.42. The largest absolute Gasteiger partial charge is 0.355 e. The van der Waals surface area contributed by atoms with E-state index in [1.54, 1.807) is 12.1 Å². The average molecular weight is 490 g/mol. The van der Waals surface area contributed by atoms with E-state index in [1.165, 1.54) is 25.0 Å². The predicted octanol–water partition coefficient (Wildman–Crippen LogP) is 2.83. The Morgan fingerprint density at radius 3 is 2.41 bits per heavy atom. The molecule has 34 heavy (non-hydrogen) atoms. The number of hydrogen-bond acceptors (Lipinski definition) is 4. The van der Waals surface area contributed by atoms with Gasteiger partial charge in [0.2, 0.25) is 11.8 Å². The predicted molar refractivity (Wildman–Crippen MR) is 135 cm³/mol. The van der Waals surface area contributed by atoms with E-state index in [4.69, 9.17) is 12.2 Å². The summed E-state index contributed by atoms with van der Waals surface area (Å²) in [5.74, 6) is 0.488. The molecule has 7 nitrogen and oxygen atoms in total. The third kappa shape index (κ3) is 6.44. The van der Waals surface area contributed by atoms with Crippen molar-refractivity contribution in [1.82, 2.24) is 20.0 Å². The number of likely N-dealkylation sites (tertiary alicyclic amines) is 1. The van der Waals surface area contributed by atoms with Crippen LogP contribution in [0.25, 0.3) is 0 Å². The first-order valence-electron chi connectivity index (χ1n) is 12.6. The maximum Gasteiger partial charge on any atom is 0.237 e. The highest BCUT2D eigenvalue weighted by molar-refractivity contribution is 7.80. The van der Waals surface area contributed by atoms with Gasteiger partial charge in [0.05, 0.1) is 6.04 Å². The fourth-order valence-corrected chi connectivity index (χ4v) is 5.72. The zero-order chi connectivity index (χ0) is 23.9. The number of nitrogens with one attached hydrogen (secondary N) is 2. The molecule has 1 atom stereocenters. The summed E-state index contributed by atoms with van der Waals surface area (Å²) in [5.41, 5.74) is 0.771. The van der Waals surface area contributed by atoms with E-state index in [2.05, 4.69) is 20.4 Å². The number of benzene rings is 1.